The van der Waals surface area contributed by atoms with Crippen LogP contribution < -0.4 is 15.4 Å². The summed E-state index contributed by atoms with van der Waals surface area (Å²) in [5.41, 5.74) is 3.52. The lowest BCUT2D eigenvalue weighted by atomic mass is 10.00. The van der Waals surface area contributed by atoms with Crippen LogP contribution in [0.3, 0.4) is 0 Å². The van der Waals surface area contributed by atoms with E-state index in [2.05, 4.69) is 34.2 Å². The summed E-state index contributed by atoms with van der Waals surface area (Å²) in [5.74, 6) is -0.833. The van der Waals surface area contributed by atoms with Crippen molar-refractivity contribution in [1.29, 1.82) is 0 Å². The molecule has 44 heavy (non-hydrogen) atoms. The van der Waals surface area contributed by atoms with Gasteiger partial charge in [0, 0.05) is 6.04 Å². The van der Waals surface area contributed by atoms with Crippen molar-refractivity contribution in [2.24, 2.45) is 5.92 Å². The fourth-order valence-corrected chi connectivity index (χ4v) is 6.37. The molecule has 0 aliphatic carbocycles. The molecule has 0 saturated carbocycles. The first-order chi connectivity index (χ1) is 20.9. The number of hydrogen-bond donors (Lipinski definition) is 5. The van der Waals surface area contributed by atoms with Crippen molar-refractivity contribution >= 4 is 32.9 Å². The summed E-state index contributed by atoms with van der Waals surface area (Å²) >= 11 is 0. The zero-order chi connectivity index (χ0) is 31.9. The molecule has 1 amide bonds. The first-order valence-corrected chi connectivity index (χ1v) is 16.3. The van der Waals surface area contributed by atoms with Crippen LogP contribution in [0.25, 0.3) is 11.0 Å². The maximum atomic E-state index is 13.9. The minimum atomic E-state index is -4.01. The van der Waals surface area contributed by atoms with Gasteiger partial charge < -0.3 is 15.4 Å². The molecule has 4 aromatic rings. The van der Waals surface area contributed by atoms with E-state index in [9.17, 15) is 23.1 Å². The third-order valence-corrected chi connectivity index (χ3v) is 9.04. The molecule has 3 aromatic carbocycles. The zero-order valence-electron chi connectivity index (χ0n) is 25.4. The normalized spacial score (nSPS) is 14.7. The number of nitrogens with zero attached hydrogens (tertiary/aromatic N) is 1. The largest absolute Gasteiger partial charge is 0.480 e. The summed E-state index contributed by atoms with van der Waals surface area (Å²) in [6.45, 7) is 7.42. The molecule has 0 saturated heterocycles. The number of benzene rings is 3. The molecular weight excluding hydrogens is 578 g/mol. The van der Waals surface area contributed by atoms with Crippen LogP contribution >= 0.6 is 0 Å². The fraction of sp³-hybridized carbons (Fsp3) is 0.364. The molecule has 1 unspecified atom stereocenters. The molecule has 11 heteroatoms. The van der Waals surface area contributed by atoms with Gasteiger partial charge in [-0.15, -0.1) is 0 Å². The number of imidazole rings is 1. The van der Waals surface area contributed by atoms with Gasteiger partial charge in [0.25, 0.3) is 0 Å². The van der Waals surface area contributed by atoms with Crippen LogP contribution in [-0.2, 0) is 26.0 Å². The van der Waals surface area contributed by atoms with Gasteiger partial charge in [-0.25, -0.2) is 18.1 Å². The van der Waals surface area contributed by atoms with E-state index < -0.39 is 46.1 Å². The summed E-state index contributed by atoms with van der Waals surface area (Å²) < 4.78 is 28.6. The maximum absolute atomic E-state index is 13.9. The molecule has 10 nitrogen and oxygen atoms in total. The number of H-pyrrole nitrogens is 1. The number of carboxylic acids is 1. The molecule has 5 N–H and O–H groups in total. The van der Waals surface area contributed by atoms with Crippen LogP contribution in [0.15, 0.2) is 83.8 Å². The molecule has 1 aromatic heterocycles. The highest BCUT2D eigenvalue weighted by molar-refractivity contribution is 7.89. The zero-order valence-corrected chi connectivity index (χ0v) is 26.3. The molecule has 4 rings (SSSR count). The van der Waals surface area contributed by atoms with E-state index >= 15 is 0 Å². The van der Waals surface area contributed by atoms with Gasteiger partial charge in [0.15, 0.2) is 0 Å². The number of nitrogens with one attached hydrogen (secondary N) is 4. The quantitative estimate of drug-likeness (QED) is 0.131. The summed E-state index contributed by atoms with van der Waals surface area (Å²) in [4.78, 5) is 34.4. The highest BCUT2D eigenvalue weighted by Crippen LogP contribution is 2.23. The molecule has 4 atom stereocenters. The van der Waals surface area contributed by atoms with Crippen molar-refractivity contribution in [3.8, 4) is 0 Å². The Labute approximate surface area is 258 Å². The van der Waals surface area contributed by atoms with Gasteiger partial charge in [0.05, 0.1) is 28.0 Å². The van der Waals surface area contributed by atoms with Crippen molar-refractivity contribution in [2.45, 2.75) is 76.0 Å². The first-order valence-electron chi connectivity index (χ1n) is 14.8. The van der Waals surface area contributed by atoms with E-state index in [1.165, 1.54) is 19.1 Å². The topological polar surface area (TPSA) is 153 Å². The van der Waals surface area contributed by atoms with Crippen LogP contribution in [0.2, 0.25) is 0 Å². The first kappa shape index (κ1) is 32.8. The number of aliphatic carboxylic acids is 1. The summed E-state index contributed by atoms with van der Waals surface area (Å²) in [7, 11) is -4.01. The van der Waals surface area contributed by atoms with E-state index in [-0.39, 0.29) is 17.2 Å². The number of carboxylic acid groups (broad SMARTS) is 1. The number of carbonyl (C=O) groups is 2. The Morgan fingerprint density at radius 1 is 0.932 bits per heavy atom. The van der Waals surface area contributed by atoms with Crippen molar-refractivity contribution in [3.63, 3.8) is 0 Å². The molecule has 0 fully saturated rings. The average molecular weight is 620 g/mol. The molecule has 0 aliphatic heterocycles. The number of amides is 1. The standard InChI is InChI=1S/C33H41N5O5S/c1-21(2)20-29(31-35-26-12-8-9-13-27(26)36-31)37-32(39)28(19-16-24-10-6-5-7-11-24)34-30(33(40)41)23(4)38-44(42,43)25-17-14-22(3)15-18-25/h5-15,17-18,21,23,28-30,34,38H,16,19-20H2,1-4H3,(H,35,36)(H,37,39)(H,40,41)/t23-,28+,29+,30?/m1/s1. The van der Waals surface area contributed by atoms with Gasteiger partial charge in [0.2, 0.25) is 15.9 Å². The fourth-order valence-electron chi connectivity index (χ4n) is 5.11. The van der Waals surface area contributed by atoms with Gasteiger partial charge in [-0.1, -0.05) is 74.0 Å². The van der Waals surface area contributed by atoms with E-state index in [4.69, 9.17) is 4.98 Å². The summed E-state index contributed by atoms with van der Waals surface area (Å²) in [5, 5.41) is 16.3. The van der Waals surface area contributed by atoms with E-state index in [1.54, 1.807) is 12.1 Å². The van der Waals surface area contributed by atoms with Crippen molar-refractivity contribution in [3.05, 3.63) is 95.8 Å². The Morgan fingerprint density at radius 2 is 1.59 bits per heavy atom. The Balaban J connectivity index is 1.58. The number of sulfonamides is 1. The SMILES string of the molecule is Cc1ccc(S(=O)(=O)N[C@H](C)C(N[C@@H](CCc2ccccc2)C(=O)N[C@@H](CC(C)C)c2nc3ccccc3[nH]2)C(=O)O)cc1. The number of rotatable bonds is 15. The predicted octanol–water partition coefficient (Wildman–Crippen LogP) is 4.49. The molecule has 0 radical (unpaired) electrons. The Morgan fingerprint density at radius 3 is 2.23 bits per heavy atom. The summed E-state index contributed by atoms with van der Waals surface area (Å²) in [6, 6.07) is 19.6. The average Bonchev–Trinajstić information content (AvgIpc) is 3.41. The number of fused-ring (bicyclic) bond motifs is 1. The highest BCUT2D eigenvalue weighted by Gasteiger charge is 2.34. The van der Waals surface area contributed by atoms with Crippen molar-refractivity contribution < 1.29 is 23.1 Å². The van der Waals surface area contributed by atoms with E-state index in [1.807, 2.05) is 61.5 Å². The minimum absolute atomic E-state index is 0.0276. The molecule has 0 spiro atoms. The number of para-hydroxylation sites is 2. The second kappa shape index (κ2) is 14.6. The van der Waals surface area contributed by atoms with Gasteiger partial charge >= 0.3 is 5.97 Å². The lowest BCUT2D eigenvalue weighted by Gasteiger charge is -2.29. The van der Waals surface area contributed by atoms with Crippen LogP contribution in [0, 0.1) is 12.8 Å². The third kappa shape index (κ3) is 8.75. The number of hydrogen-bond acceptors (Lipinski definition) is 6. The van der Waals surface area contributed by atoms with Crippen LogP contribution in [0.1, 0.15) is 56.6 Å². The Hall–Kier alpha value is -4.06. The highest BCUT2D eigenvalue weighted by atomic mass is 32.2. The number of carbonyl (C=O) groups excluding carboxylic acids is 1. The van der Waals surface area contributed by atoms with Crippen molar-refractivity contribution in [1.82, 2.24) is 25.3 Å². The van der Waals surface area contributed by atoms with Crippen LogP contribution in [0.5, 0.6) is 0 Å². The van der Waals surface area contributed by atoms with Crippen molar-refractivity contribution in [2.75, 3.05) is 0 Å². The molecule has 234 valence electrons. The molecule has 0 aliphatic rings. The molecular formula is C33H41N5O5S. The van der Waals surface area contributed by atoms with E-state index in [0.29, 0.717) is 18.7 Å². The predicted molar refractivity (Wildman–Crippen MR) is 171 cm³/mol. The van der Waals surface area contributed by atoms with E-state index in [0.717, 1.165) is 22.2 Å². The smallest absolute Gasteiger partial charge is 0.322 e. The number of aromatic nitrogens is 2. The molecule has 0 bridgehead atoms. The Bertz CT molecular complexity index is 1620. The Kier molecular flexibility index (Phi) is 10.9. The van der Waals surface area contributed by atoms with Gasteiger partial charge in [-0.3, -0.25) is 14.9 Å². The second-order valence-electron chi connectivity index (χ2n) is 11.6. The lowest BCUT2D eigenvalue weighted by Crippen LogP contribution is -2.58. The van der Waals surface area contributed by atoms with Crippen LogP contribution in [-0.4, -0.2) is 53.5 Å². The third-order valence-electron chi connectivity index (χ3n) is 7.46. The van der Waals surface area contributed by atoms with Gasteiger partial charge in [-0.05, 0) is 68.9 Å². The minimum Gasteiger partial charge on any atom is -0.480 e. The van der Waals surface area contributed by atoms with Gasteiger partial charge in [0.1, 0.15) is 11.9 Å². The monoisotopic (exact) mass is 619 g/mol. The van der Waals surface area contributed by atoms with Crippen LogP contribution in [0.4, 0.5) is 0 Å². The summed E-state index contributed by atoms with van der Waals surface area (Å²) in [6.07, 6.45) is 1.39. The number of aryl methyl sites for hydroxylation is 2. The lowest BCUT2D eigenvalue weighted by molar-refractivity contribution is -0.140. The second-order valence-corrected chi connectivity index (χ2v) is 13.3. The van der Waals surface area contributed by atoms with Gasteiger partial charge in [-0.2, -0.15) is 0 Å². The number of aromatic amines is 1. The maximum Gasteiger partial charge on any atom is 0.322 e. The molecule has 1 heterocycles.